The van der Waals surface area contributed by atoms with Crippen LogP contribution in [-0.4, -0.2) is 40.7 Å². The van der Waals surface area contributed by atoms with Crippen LogP contribution in [0.3, 0.4) is 0 Å². The van der Waals surface area contributed by atoms with Gasteiger partial charge in [0.25, 0.3) is 0 Å². The number of carbonyl (C=O) groups excluding carboxylic acids is 2. The summed E-state index contributed by atoms with van der Waals surface area (Å²) < 4.78 is 14.0. The van der Waals surface area contributed by atoms with E-state index in [0.29, 0.717) is 42.6 Å². The molecule has 0 aromatic heterocycles. The Bertz CT molecular complexity index is 628. The smallest absolute Gasteiger partial charge is 0.227 e. The van der Waals surface area contributed by atoms with Crippen LogP contribution in [0.15, 0.2) is 18.2 Å². The summed E-state index contributed by atoms with van der Waals surface area (Å²) in [6.07, 6.45) is 3.07. The van der Waals surface area contributed by atoms with Gasteiger partial charge in [-0.15, -0.1) is 0 Å². The Morgan fingerprint density at radius 3 is 2.75 bits per heavy atom. The number of hydrogen-bond donors (Lipinski definition) is 0. The lowest BCUT2D eigenvalue weighted by Crippen LogP contribution is -2.47. The van der Waals surface area contributed by atoms with Crippen LogP contribution in [0, 0.1) is 11.7 Å². The largest absolute Gasteiger partial charge is 0.339 e. The first kappa shape index (κ1) is 17.2. The molecule has 0 radical (unpaired) electrons. The molecular formula is C18H22ClFN2O2. The van der Waals surface area contributed by atoms with Crippen LogP contribution >= 0.6 is 11.6 Å². The Morgan fingerprint density at radius 2 is 2.12 bits per heavy atom. The van der Waals surface area contributed by atoms with Crippen LogP contribution in [0.25, 0.3) is 0 Å². The predicted octanol–water partition coefficient (Wildman–Crippen LogP) is 3.23. The molecule has 6 heteroatoms. The molecule has 2 fully saturated rings. The quantitative estimate of drug-likeness (QED) is 0.816. The van der Waals surface area contributed by atoms with Gasteiger partial charge in [-0.3, -0.25) is 9.59 Å². The molecule has 130 valence electrons. The molecule has 24 heavy (non-hydrogen) atoms. The Labute approximate surface area is 146 Å². The normalized spacial score (nSPS) is 21.0. The maximum absolute atomic E-state index is 14.0. The van der Waals surface area contributed by atoms with Gasteiger partial charge in [0.05, 0.1) is 5.92 Å². The number of hydrogen-bond acceptors (Lipinski definition) is 2. The summed E-state index contributed by atoms with van der Waals surface area (Å²) in [4.78, 5) is 28.4. The average Bonchev–Trinajstić information content (AvgIpc) is 3.39. The van der Waals surface area contributed by atoms with Crippen molar-refractivity contribution in [3.8, 4) is 0 Å². The van der Waals surface area contributed by atoms with E-state index in [9.17, 15) is 14.0 Å². The van der Waals surface area contributed by atoms with Gasteiger partial charge in [-0.1, -0.05) is 17.7 Å². The molecule has 3 rings (SSSR count). The molecule has 1 aromatic carbocycles. The fourth-order valence-electron chi connectivity index (χ4n) is 3.29. The summed E-state index contributed by atoms with van der Waals surface area (Å²) in [5.74, 6) is -0.460. The molecule has 2 amide bonds. The molecule has 1 saturated carbocycles. The van der Waals surface area contributed by atoms with Crippen molar-refractivity contribution in [2.45, 2.75) is 45.2 Å². The second kappa shape index (κ2) is 7.09. The number of amides is 2. The van der Waals surface area contributed by atoms with Crippen molar-refractivity contribution in [2.75, 3.05) is 13.1 Å². The second-order valence-corrected chi connectivity index (χ2v) is 6.97. The van der Waals surface area contributed by atoms with E-state index in [-0.39, 0.29) is 24.3 Å². The number of benzene rings is 1. The van der Waals surface area contributed by atoms with Crippen molar-refractivity contribution in [3.63, 3.8) is 0 Å². The van der Waals surface area contributed by atoms with Crippen LogP contribution in [-0.2, 0) is 16.1 Å². The lowest BCUT2D eigenvalue weighted by atomic mass is 9.95. The third kappa shape index (κ3) is 3.56. The van der Waals surface area contributed by atoms with E-state index in [4.69, 9.17) is 11.6 Å². The number of likely N-dealkylation sites (tertiary alicyclic amines) is 1. The van der Waals surface area contributed by atoms with Crippen molar-refractivity contribution in [2.24, 2.45) is 5.92 Å². The van der Waals surface area contributed by atoms with Gasteiger partial charge in [0.15, 0.2) is 0 Å². The highest BCUT2D eigenvalue weighted by Crippen LogP contribution is 2.32. The Hall–Kier alpha value is -1.62. The summed E-state index contributed by atoms with van der Waals surface area (Å²) in [5, 5.41) is 0.333. The maximum Gasteiger partial charge on any atom is 0.227 e. The maximum atomic E-state index is 14.0. The first-order valence-electron chi connectivity index (χ1n) is 8.52. The van der Waals surface area contributed by atoms with E-state index in [1.54, 1.807) is 17.0 Å². The fourth-order valence-corrected chi connectivity index (χ4v) is 3.51. The first-order valence-corrected chi connectivity index (χ1v) is 8.90. The third-order valence-electron chi connectivity index (χ3n) is 4.89. The van der Waals surface area contributed by atoms with Gasteiger partial charge in [-0.2, -0.15) is 0 Å². The Balaban J connectivity index is 1.71. The van der Waals surface area contributed by atoms with Crippen molar-refractivity contribution in [1.29, 1.82) is 0 Å². The lowest BCUT2D eigenvalue weighted by Gasteiger charge is -2.35. The minimum Gasteiger partial charge on any atom is -0.339 e. The van der Waals surface area contributed by atoms with Crippen molar-refractivity contribution < 1.29 is 14.0 Å². The molecule has 4 nitrogen and oxygen atoms in total. The highest BCUT2D eigenvalue weighted by molar-refractivity contribution is 6.31. The highest BCUT2D eigenvalue weighted by Gasteiger charge is 2.39. The summed E-state index contributed by atoms with van der Waals surface area (Å²) >= 11 is 6.08. The number of nitrogens with zero attached hydrogens (tertiary/aromatic N) is 2. The van der Waals surface area contributed by atoms with Crippen LogP contribution in [0.1, 0.15) is 38.2 Å². The van der Waals surface area contributed by atoms with E-state index in [1.807, 2.05) is 11.8 Å². The molecule has 1 atom stereocenters. The number of rotatable bonds is 5. The minimum absolute atomic E-state index is 0.0185. The van der Waals surface area contributed by atoms with Crippen molar-refractivity contribution in [1.82, 2.24) is 9.80 Å². The molecule has 1 heterocycles. The van der Waals surface area contributed by atoms with Crippen LogP contribution in [0.2, 0.25) is 5.02 Å². The van der Waals surface area contributed by atoms with E-state index >= 15 is 0 Å². The topological polar surface area (TPSA) is 40.6 Å². The standard InChI is InChI=1S/C18H22ClFN2O2/c1-2-21(11-14-15(19)4-3-5-16(14)20)18(24)12-6-9-17(23)22(10-12)13-7-8-13/h3-5,12-13H,2,6-11H2,1H3/t12-/m0/s1. The van der Waals surface area contributed by atoms with E-state index in [0.717, 1.165) is 12.8 Å². The lowest BCUT2D eigenvalue weighted by molar-refractivity contribution is -0.143. The van der Waals surface area contributed by atoms with Gasteiger partial charge >= 0.3 is 0 Å². The van der Waals surface area contributed by atoms with Gasteiger partial charge in [0.1, 0.15) is 5.82 Å². The summed E-state index contributed by atoms with van der Waals surface area (Å²) in [7, 11) is 0. The zero-order chi connectivity index (χ0) is 17.3. The number of piperidine rings is 1. The van der Waals surface area contributed by atoms with Crippen LogP contribution < -0.4 is 0 Å². The zero-order valence-corrected chi connectivity index (χ0v) is 14.6. The van der Waals surface area contributed by atoms with Gasteiger partial charge in [0.2, 0.25) is 11.8 Å². The molecule has 1 aliphatic carbocycles. The molecule has 1 saturated heterocycles. The number of carbonyl (C=O) groups is 2. The molecule has 0 bridgehead atoms. The van der Waals surface area contributed by atoms with E-state index in [1.165, 1.54) is 6.07 Å². The van der Waals surface area contributed by atoms with Gasteiger partial charge in [-0.05, 0) is 38.3 Å². The van der Waals surface area contributed by atoms with Crippen molar-refractivity contribution >= 4 is 23.4 Å². The van der Waals surface area contributed by atoms with E-state index in [2.05, 4.69) is 0 Å². The molecule has 0 N–H and O–H groups in total. The molecule has 0 spiro atoms. The molecule has 1 aromatic rings. The Morgan fingerprint density at radius 1 is 1.38 bits per heavy atom. The number of halogens is 2. The minimum atomic E-state index is -0.396. The van der Waals surface area contributed by atoms with Crippen LogP contribution in [0.4, 0.5) is 4.39 Å². The SMILES string of the molecule is CCN(Cc1c(F)cccc1Cl)C(=O)[C@H]1CCC(=O)N(C2CC2)C1. The van der Waals surface area contributed by atoms with Gasteiger partial charge < -0.3 is 9.80 Å². The van der Waals surface area contributed by atoms with Gasteiger partial charge in [0, 0.05) is 42.7 Å². The third-order valence-corrected chi connectivity index (χ3v) is 5.24. The monoisotopic (exact) mass is 352 g/mol. The summed E-state index contributed by atoms with van der Waals surface area (Å²) in [6.45, 7) is 3.01. The fraction of sp³-hybridized carbons (Fsp3) is 0.556. The van der Waals surface area contributed by atoms with E-state index < -0.39 is 5.82 Å². The Kier molecular flexibility index (Phi) is 5.09. The second-order valence-electron chi connectivity index (χ2n) is 6.57. The summed E-state index contributed by atoms with van der Waals surface area (Å²) in [6, 6.07) is 4.86. The first-order chi connectivity index (χ1) is 11.5. The predicted molar refractivity (Wildman–Crippen MR) is 90.0 cm³/mol. The molecule has 2 aliphatic rings. The van der Waals surface area contributed by atoms with Gasteiger partial charge in [-0.25, -0.2) is 4.39 Å². The molecular weight excluding hydrogens is 331 g/mol. The van der Waals surface area contributed by atoms with Crippen LogP contribution in [0.5, 0.6) is 0 Å². The molecule has 0 unspecified atom stereocenters. The average molecular weight is 353 g/mol. The molecule has 1 aliphatic heterocycles. The zero-order valence-electron chi connectivity index (χ0n) is 13.8. The summed E-state index contributed by atoms with van der Waals surface area (Å²) in [5.41, 5.74) is 0.348. The van der Waals surface area contributed by atoms with Crippen molar-refractivity contribution in [3.05, 3.63) is 34.6 Å². The highest BCUT2D eigenvalue weighted by atomic mass is 35.5.